The first kappa shape index (κ1) is 55.5. The van der Waals surface area contributed by atoms with E-state index in [9.17, 15) is 45.8 Å². The number of carbonyl (C=O) groups excluding carboxylic acids is 3. The average molecular weight is 1050 g/mol. The first-order valence-electron chi connectivity index (χ1n) is 24.0. The number of esters is 1. The summed E-state index contributed by atoms with van der Waals surface area (Å²) >= 11 is 0. The zero-order valence-corrected chi connectivity index (χ0v) is 42.9. The van der Waals surface area contributed by atoms with Crippen molar-refractivity contribution in [2.75, 3.05) is 7.11 Å². The first-order valence-corrected chi connectivity index (χ1v) is 26.0. The van der Waals surface area contributed by atoms with Gasteiger partial charge in [0.05, 0.1) is 56.3 Å². The van der Waals surface area contributed by atoms with Crippen molar-refractivity contribution in [3.8, 4) is 11.5 Å². The van der Waals surface area contributed by atoms with E-state index in [0.717, 1.165) is 7.11 Å². The fourth-order valence-corrected chi connectivity index (χ4v) is 14.7. The van der Waals surface area contributed by atoms with E-state index in [1.807, 2.05) is 81.4 Å². The van der Waals surface area contributed by atoms with Gasteiger partial charge < -0.3 is 43.9 Å². The molecular weight excluding hydrogens is 991 g/mol. The third kappa shape index (κ3) is 12.0. The number of halogens is 6. The molecule has 0 aromatic heterocycles. The van der Waals surface area contributed by atoms with Crippen molar-refractivity contribution in [1.29, 1.82) is 0 Å². The smallest absolute Gasteiger partial charge is 0.471 e. The average Bonchev–Trinajstić information content (AvgIpc) is 3.35. The van der Waals surface area contributed by atoms with Crippen molar-refractivity contribution in [1.82, 2.24) is 10.6 Å². The number of phenolic OH excluding ortho intramolecular Hbond substituents is 1. The summed E-state index contributed by atoms with van der Waals surface area (Å²) in [6, 6.07) is 36.0. The zero-order chi connectivity index (χ0) is 53.8. The van der Waals surface area contributed by atoms with E-state index in [1.165, 1.54) is 19.9 Å². The van der Waals surface area contributed by atoms with Crippen LogP contribution < -0.4 is 25.4 Å². The van der Waals surface area contributed by atoms with E-state index in [1.54, 1.807) is 67.6 Å². The maximum atomic E-state index is 14.6. The van der Waals surface area contributed by atoms with Gasteiger partial charge in [-0.05, 0) is 53.4 Å². The van der Waals surface area contributed by atoms with Gasteiger partial charge in [0.15, 0.2) is 0 Å². The molecule has 0 radical (unpaired) electrons. The zero-order valence-electron chi connectivity index (χ0n) is 41.9. The lowest BCUT2D eigenvalue weighted by Crippen LogP contribution is -2.69. The Hall–Kier alpha value is -6.25. The maximum Gasteiger partial charge on any atom is 0.471 e. The number of alkyl halides is 6. The second kappa shape index (κ2) is 22.3. The first-order chi connectivity index (χ1) is 34.9. The number of hydrogen-bond acceptors (Lipinski definition) is 10. The molecule has 2 aliphatic heterocycles. The van der Waals surface area contributed by atoms with E-state index in [-0.39, 0.29) is 30.1 Å². The predicted octanol–water partition coefficient (Wildman–Crippen LogP) is 9.47. The van der Waals surface area contributed by atoms with Crippen molar-refractivity contribution < 1.29 is 73.9 Å². The minimum Gasteiger partial charge on any atom is -0.533 e. The number of aromatic hydroxyl groups is 1. The second-order valence-corrected chi connectivity index (χ2v) is 24.1. The van der Waals surface area contributed by atoms with Crippen LogP contribution in [0.15, 0.2) is 127 Å². The van der Waals surface area contributed by atoms with Crippen molar-refractivity contribution in [2.24, 2.45) is 0 Å². The van der Waals surface area contributed by atoms with Crippen molar-refractivity contribution in [2.45, 2.75) is 133 Å². The summed E-state index contributed by atoms with van der Waals surface area (Å²) in [5.41, 5.74) is -1.28. The number of hydrogen-bond donors (Lipinski definition) is 3. The van der Waals surface area contributed by atoms with Gasteiger partial charge in [-0.15, -0.1) is 0 Å². The topological polar surface area (TPSA) is 151 Å². The number of rotatable bonds is 15. The normalized spacial score (nSPS) is 23.6. The summed E-state index contributed by atoms with van der Waals surface area (Å²) in [5.74, 6) is -6.67. The van der Waals surface area contributed by atoms with Crippen LogP contribution in [0.2, 0.25) is 5.04 Å². The molecule has 2 saturated heterocycles. The van der Waals surface area contributed by atoms with E-state index in [4.69, 9.17) is 28.1 Å². The van der Waals surface area contributed by atoms with Crippen molar-refractivity contribution >= 4 is 36.5 Å². The molecule has 0 spiro atoms. The number of ether oxygens (including phenoxy) is 5. The highest BCUT2D eigenvalue weighted by atomic mass is 28.4. The van der Waals surface area contributed by atoms with Gasteiger partial charge in [-0.3, -0.25) is 9.59 Å². The third-order valence-corrected chi connectivity index (χ3v) is 18.5. The largest absolute Gasteiger partial charge is 0.533 e. The van der Waals surface area contributed by atoms with Crippen LogP contribution in [0.3, 0.4) is 0 Å². The molecule has 3 N–H and O–H groups in total. The van der Waals surface area contributed by atoms with Crippen LogP contribution in [0.4, 0.5) is 26.3 Å². The van der Waals surface area contributed by atoms with Crippen LogP contribution in [0.25, 0.3) is 0 Å². The summed E-state index contributed by atoms with van der Waals surface area (Å²) < 4.78 is 124. The molecule has 0 unspecified atom stereocenters. The monoisotopic (exact) mass is 1050 g/mol. The van der Waals surface area contributed by atoms with Gasteiger partial charge >= 0.3 is 38.5 Å². The molecule has 12 nitrogen and oxygen atoms in total. The number of benzene rings is 5. The van der Waals surface area contributed by atoms with Gasteiger partial charge in [0, 0.05) is 24.0 Å². The van der Waals surface area contributed by atoms with E-state index in [0.29, 0.717) is 21.5 Å². The standard InChI is InChI=1S/C55H60F6N2O10Si/c1-33-46(69-31-35-20-12-8-13-21-35)41(62-50(66)54(56,57)58)29-42(71-33)39-28-40(43-30-53(6,63-51(67)55(59,60)61)48(34(2)72-43)70-32-36-22-14-9-15-23-36)47(44(45(39)64)49(65)68-7)73-74(52(3,4)5,37-24-16-10-17-25-37)38-26-18-11-19-27-38/h8-28,33-34,41-43,46,48,64H,29-32H2,1-7H3,(H,62,66)(H,63,67)/t33-,34+,41-,42-,43+,46-,48-,53+/m1/s1. The van der Waals surface area contributed by atoms with Gasteiger partial charge in [0.1, 0.15) is 29.3 Å². The predicted molar refractivity (Wildman–Crippen MR) is 264 cm³/mol. The number of nitrogens with one attached hydrogen (secondary N) is 2. The molecular formula is C55H60F6N2O10Si. The van der Waals surface area contributed by atoms with Crippen molar-refractivity contribution in [3.63, 3.8) is 0 Å². The number of methoxy groups -OCH3 is 1. The summed E-state index contributed by atoms with van der Waals surface area (Å²) in [6.07, 6.45) is -18.9. The number of amides is 2. The Kier molecular flexibility index (Phi) is 16.7. The molecule has 5 aromatic rings. The Bertz CT molecular complexity index is 2690. The molecule has 396 valence electrons. The van der Waals surface area contributed by atoms with Crippen molar-refractivity contribution in [3.05, 3.63) is 155 Å². The minimum absolute atomic E-state index is 0.0124. The van der Waals surface area contributed by atoms with Crippen LogP contribution in [0.1, 0.15) is 99.2 Å². The van der Waals surface area contributed by atoms with Gasteiger partial charge in [0.2, 0.25) is 0 Å². The molecule has 8 atom stereocenters. The highest BCUT2D eigenvalue weighted by Crippen LogP contribution is 2.51. The SMILES string of the molecule is COC(=O)c1c(O)c([C@H]2C[C@@H](NC(=O)C(F)(F)F)[C@H](OCc3ccccc3)[C@@H](C)O2)cc([C@@H]2C[C@](C)(NC(=O)C(F)(F)F)[C@H](OCc3ccccc3)[C@H](C)O2)c1O[Si](c1ccccc1)(c1ccccc1)C(C)(C)C. The molecule has 0 bridgehead atoms. The van der Waals surface area contributed by atoms with E-state index < -0.39 is 116 Å². The molecule has 0 saturated carbocycles. The Balaban J connectivity index is 1.46. The lowest BCUT2D eigenvalue weighted by molar-refractivity contribution is -0.196. The molecule has 0 aliphatic carbocycles. The summed E-state index contributed by atoms with van der Waals surface area (Å²) in [5, 5.41) is 17.6. The Morgan fingerprint density at radius 3 is 1.68 bits per heavy atom. The quantitative estimate of drug-likeness (QED) is 0.0526. The molecule has 74 heavy (non-hydrogen) atoms. The van der Waals surface area contributed by atoms with E-state index >= 15 is 0 Å². The maximum absolute atomic E-state index is 14.6. The number of carbonyl (C=O) groups is 3. The van der Waals surface area contributed by atoms with Crippen LogP contribution >= 0.6 is 0 Å². The summed E-state index contributed by atoms with van der Waals surface area (Å²) in [4.78, 5) is 40.3. The summed E-state index contributed by atoms with van der Waals surface area (Å²) in [7, 11) is -2.78. The Morgan fingerprint density at radius 2 is 1.19 bits per heavy atom. The molecule has 19 heteroatoms. The van der Waals surface area contributed by atoms with Gasteiger partial charge in [-0.1, -0.05) is 142 Å². The van der Waals surface area contributed by atoms with Crippen LogP contribution in [0.5, 0.6) is 11.5 Å². The molecule has 2 aliphatic rings. The van der Waals surface area contributed by atoms with Crippen LogP contribution in [0, 0.1) is 0 Å². The lowest BCUT2D eigenvalue weighted by atomic mass is 9.79. The Morgan fingerprint density at radius 1 is 0.703 bits per heavy atom. The van der Waals surface area contributed by atoms with Gasteiger partial charge in [-0.25, -0.2) is 4.79 Å². The number of phenols is 1. The van der Waals surface area contributed by atoms with Gasteiger partial charge in [-0.2, -0.15) is 26.3 Å². The minimum atomic E-state index is -5.33. The van der Waals surface area contributed by atoms with Crippen LogP contribution in [-0.4, -0.2) is 86.7 Å². The molecule has 5 aromatic carbocycles. The fraction of sp³-hybridized carbons (Fsp3) is 0.400. The lowest BCUT2D eigenvalue weighted by Gasteiger charge is -2.49. The molecule has 7 rings (SSSR count). The Labute approximate surface area is 426 Å². The second-order valence-electron chi connectivity index (χ2n) is 19.9. The highest BCUT2D eigenvalue weighted by molar-refractivity contribution is 7.00. The van der Waals surface area contributed by atoms with Crippen LogP contribution in [-0.2, 0) is 46.5 Å². The summed E-state index contributed by atoms with van der Waals surface area (Å²) in [6.45, 7) is 10.2. The highest BCUT2D eigenvalue weighted by Gasteiger charge is 2.56. The fourth-order valence-electron chi connectivity index (χ4n) is 10.2. The molecule has 2 amide bonds. The van der Waals surface area contributed by atoms with E-state index in [2.05, 4.69) is 10.6 Å². The third-order valence-electron chi connectivity index (χ3n) is 13.6. The molecule has 2 fully saturated rings. The molecule has 2 heterocycles. The van der Waals surface area contributed by atoms with Gasteiger partial charge in [0.25, 0.3) is 0 Å².